The molecule has 6 heteroatoms. The monoisotopic (exact) mass is 329 g/mol. The van der Waals surface area contributed by atoms with Crippen LogP contribution < -0.4 is 5.32 Å². The molecule has 0 aromatic carbocycles. The minimum Gasteiger partial charge on any atom is -0.461 e. The van der Waals surface area contributed by atoms with Crippen LogP contribution >= 0.6 is 0 Å². The van der Waals surface area contributed by atoms with Gasteiger partial charge in [0.1, 0.15) is 0 Å². The van der Waals surface area contributed by atoms with Gasteiger partial charge < -0.3 is 19.5 Å². The number of nitrogens with one attached hydrogen (secondary N) is 1. The van der Waals surface area contributed by atoms with E-state index >= 15 is 0 Å². The van der Waals surface area contributed by atoms with Crippen LogP contribution in [-0.4, -0.2) is 49.4 Å². The number of hydrogen-bond donors (Lipinski definition) is 1. The Balaban J connectivity index is 2.43. The van der Waals surface area contributed by atoms with Crippen LogP contribution in [0.25, 0.3) is 0 Å². The van der Waals surface area contributed by atoms with Crippen molar-refractivity contribution in [3.8, 4) is 0 Å². The molecule has 3 atom stereocenters. The van der Waals surface area contributed by atoms with Gasteiger partial charge in [-0.05, 0) is 32.1 Å². The van der Waals surface area contributed by atoms with Gasteiger partial charge in [-0.2, -0.15) is 0 Å². The van der Waals surface area contributed by atoms with Crippen LogP contribution in [0.4, 0.5) is 0 Å². The van der Waals surface area contributed by atoms with Crippen LogP contribution in [0.15, 0.2) is 0 Å². The van der Waals surface area contributed by atoms with Crippen molar-refractivity contribution >= 4 is 11.9 Å². The molecule has 1 N–H and O–H groups in total. The molecular formula is C17H31NO5. The summed E-state index contributed by atoms with van der Waals surface area (Å²) in [7, 11) is 0. The standard InChI is InChI=1S/C17H31NO5/c1-10(2)7-13(9-21-8-11(3)4)18-16(19)14-15(23-14)17(20)22-12(5)6/h10-15H,7-9H2,1-6H3,(H,18,19)/t13-,14-,15-/m0/s1. The van der Waals surface area contributed by atoms with Gasteiger partial charge in [-0.3, -0.25) is 4.79 Å². The van der Waals surface area contributed by atoms with Gasteiger partial charge in [-0.25, -0.2) is 4.79 Å². The van der Waals surface area contributed by atoms with Crippen molar-refractivity contribution in [2.24, 2.45) is 11.8 Å². The smallest absolute Gasteiger partial charge is 0.338 e. The molecule has 0 unspecified atom stereocenters. The second-order valence-electron chi connectivity index (χ2n) is 7.23. The highest BCUT2D eigenvalue weighted by molar-refractivity contribution is 5.92. The van der Waals surface area contributed by atoms with Crippen molar-refractivity contribution in [3.63, 3.8) is 0 Å². The molecule has 0 aromatic rings. The first-order valence-corrected chi connectivity index (χ1v) is 8.44. The number of hydrogen-bond acceptors (Lipinski definition) is 5. The van der Waals surface area contributed by atoms with E-state index in [4.69, 9.17) is 14.2 Å². The van der Waals surface area contributed by atoms with Crippen LogP contribution in [0.2, 0.25) is 0 Å². The average Bonchev–Trinajstić information content (AvgIpc) is 3.16. The van der Waals surface area contributed by atoms with E-state index in [-0.39, 0.29) is 18.1 Å². The van der Waals surface area contributed by atoms with Crippen LogP contribution in [0.3, 0.4) is 0 Å². The van der Waals surface area contributed by atoms with E-state index in [0.29, 0.717) is 25.0 Å². The zero-order chi connectivity index (χ0) is 17.6. The molecule has 23 heavy (non-hydrogen) atoms. The lowest BCUT2D eigenvalue weighted by atomic mass is 10.0. The summed E-state index contributed by atoms with van der Waals surface area (Å²) in [5, 5.41) is 2.93. The Morgan fingerprint density at radius 3 is 2.17 bits per heavy atom. The lowest BCUT2D eigenvalue weighted by Gasteiger charge is -2.21. The number of epoxide rings is 1. The van der Waals surface area contributed by atoms with Crippen molar-refractivity contribution in [2.75, 3.05) is 13.2 Å². The van der Waals surface area contributed by atoms with E-state index in [9.17, 15) is 9.59 Å². The molecule has 0 aliphatic carbocycles. The first-order valence-electron chi connectivity index (χ1n) is 8.44. The summed E-state index contributed by atoms with van der Waals surface area (Å²) in [6.07, 6.45) is -0.902. The molecule has 0 saturated carbocycles. The molecule has 1 amide bonds. The first kappa shape index (κ1) is 19.9. The van der Waals surface area contributed by atoms with Crippen LogP contribution in [-0.2, 0) is 23.8 Å². The molecule has 0 spiro atoms. The summed E-state index contributed by atoms with van der Waals surface area (Å²) in [4.78, 5) is 23.9. The van der Waals surface area contributed by atoms with Gasteiger partial charge in [0.25, 0.3) is 5.91 Å². The predicted octanol–water partition coefficient (Wildman–Crippen LogP) is 1.91. The zero-order valence-electron chi connectivity index (χ0n) is 15.1. The van der Waals surface area contributed by atoms with Crippen molar-refractivity contribution < 1.29 is 23.8 Å². The van der Waals surface area contributed by atoms with Crippen molar-refractivity contribution in [1.82, 2.24) is 5.32 Å². The van der Waals surface area contributed by atoms with Gasteiger partial charge in [0.2, 0.25) is 0 Å². The lowest BCUT2D eigenvalue weighted by molar-refractivity contribution is -0.149. The third-order valence-electron chi connectivity index (χ3n) is 3.21. The average molecular weight is 329 g/mol. The van der Waals surface area contributed by atoms with Gasteiger partial charge in [0.05, 0.1) is 18.8 Å². The van der Waals surface area contributed by atoms with Crippen molar-refractivity contribution in [2.45, 2.75) is 72.3 Å². The van der Waals surface area contributed by atoms with Gasteiger partial charge in [-0.15, -0.1) is 0 Å². The second-order valence-corrected chi connectivity index (χ2v) is 7.23. The fourth-order valence-corrected chi connectivity index (χ4v) is 2.26. The predicted molar refractivity (Wildman–Crippen MR) is 86.9 cm³/mol. The molecule has 1 rings (SSSR count). The van der Waals surface area contributed by atoms with E-state index < -0.39 is 18.2 Å². The number of esters is 1. The van der Waals surface area contributed by atoms with E-state index in [1.54, 1.807) is 13.8 Å². The largest absolute Gasteiger partial charge is 0.461 e. The molecule has 134 valence electrons. The Hall–Kier alpha value is -1.14. The number of ether oxygens (including phenoxy) is 3. The first-order chi connectivity index (χ1) is 10.7. The lowest BCUT2D eigenvalue weighted by Crippen LogP contribution is -2.42. The van der Waals surface area contributed by atoms with Gasteiger partial charge in [0.15, 0.2) is 12.2 Å². The fraction of sp³-hybridized carbons (Fsp3) is 0.882. The molecule has 1 saturated heterocycles. The minimum atomic E-state index is -0.770. The molecule has 0 bridgehead atoms. The summed E-state index contributed by atoms with van der Waals surface area (Å²) >= 11 is 0. The van der Waals surface area contributed by atoms with E-state index in [1.807, 2.05) is 0 Å². The maximum atomic E-state index is 12.2. The maximum Gasteiger partial charge on any atom is 0.338 e. The number of rotatable bonds is 10. The van der Waals surface area contributed by atoms with Crippen LogP contribution in [0, 0.1) is 11.8 Å². The van der Waals surface area contributed by atoms with E-state index in [1.165, 1.54) is 0 Å². The third kappa shape index (κ3) is 7.79. The Kier molecular flexibility index (Phi) is 7.99. The fourth-order valence-electron chi connectivity index (χ4n) is 2.26. The van der Waals surface area contributed by atoms with Gasteiger partial charge in [0, 0.05) is 6.61 Å². The number of carbonyl (C=O) groups is 2. The summed E-state index contributed by atoms with van der Waals surface area (Å²) in [6.45, 7) is 13.0. The number of amides is 1. The highest BCUT2D eigenvalue weighted by Crippen LogP contribution is 2.24. The zero-order valence-corrected chi connectivity index (χ0v) is 15.1. The minimum absolute atomic E-state index is 0.0766. The van der Waals surface area contributed by atoms with Crippen molar-refractivity contribution in [1.29, 1.82) is 0 Å². The summed E-state index contributed by atoms with van der Waals surface area (Å²) in [6, 6.07) is -0.0766. The quantitative estimate of drug-likeness (QED) is 0.489. The third-order valence-corrected chi connectivity index (χ3v) is 3.21. The Bertz CT molecular complexity index is 394. The van der Waals surface area contributed by atoms with Crippen molar-refractivity contribution in [3.05, 3.63) is 0 Å². The van der Waals surface area contributed by atoms with Crippen LogP contribution in [0.1, 0.15) is 48.0 Å². The van der Waals surface area contributed by atoms with Crippen LogP contribution in [0.5, 0.6) is 0 Å². The second kappa shape index (κ2) is 9.23. The Labute approximate surface area is 139 Å². The molecular weight excluding hydrogens is 298 g/mol. The highest BCUT2D eigenvalue weighted by atomic mass is 16.6. The molecule has 1 heterocycles. The summed E-state index contributed by atoms with van der Waals surface area (Å²) in [5.41, 5.74) is 0. The molecule has 1 aliphatic rings. The summed E-state index contributed by atoms with van der Waals surface area (Å²) < 4.78 is 15.8. The number of carbonyl (C=O) groups excluding carboxylic acids is 2. The topological polar surface area (TPSA) is 77.2 Å². The Morgan fingerprint density at radius 1 is 1.00 bits per heavy atom. The maximum absolute atomic E-state index is 12.2. The normalized spacial score (nSPS) is 21.6. The molecule has 0 radical (unpaired) electrons. The molecule has 6 nitrogen and oxygen atoms in total. The van der Waals surface area contributed by atoms with E-state index in [2.05, 4.69) is 33.0 Å². The van der Waals surface area contributed by atoms with Gasteiger partial charge >= 0.3 is 5.97 Å². The molecule has 1 fully saturated rings. The molecule has 1 aliphatic heterocycles. The van der Waals surface area contributed by atoms with Gasteiger partial charge in [-0.1, -0.05) is 27.7 Å². The SMILES string of the molecule is CC(C)COC[C@H](CC(C)C)NC(=O)[C@H]1O[C@@H]1C(=O)OC(C)C. The summed E-state index contributed by atoms with van der Waals surface area (Å²) in [5.74, 6) is 0.142. The van der Waals surface area contributed by atoms with E-state index in [0.717, 1.165) is 6.42 Å². The highest BCUT2D eigenvalue weighted by Gasteiger charge is 2.52. The molecule has 0 aromatic heterocycles. The Morgan fingerprint density at radius 2 is 1.65 bits per heavy atom.